The Hall–Kier alpha value is -1.47. The topological polar surface area (TPSA) is 41.9 Å². The third kappa shape index (κ3) is 5.37. The smallest absolute Gasteiger partial charge is 0.417 e. The molecule has 3 atom stereocenters. The van der Waals surface area contributed by atoms with Gasteiger partial charge in [-0.25, -0.2) is 0 Å². The molecule has 4 nitrogen and oxygen atoms in total. The second kappa shape index (κ2) is 8.34. The molecule has 1 saturated heterocycles. The third-order valence-corrected chi connectivity index (χ3v) is 5.91. The van der Waals surface area contributed by atoms with Gasteiger partial charge >= 0.3 is 6.18 Å². The number of ether oxygens (including phenoxy) is 2. The third-order valence-electron chi connectivity index (χ3n) is 5.91. The number of rotatable bonds is 5. The Morgan fingerprint density at radius 1 is 1.17 bits per heavy atom. The lowest BCUT2D eigenvalue weighted by Gasteiger charge is -2.45. The molecule has 0 saturated carbocycles. The number of hydrogen-bond acceptors (Lipinski definition) is 4. The van der Waals surface area contributed by atoms with E-state index < -0.39 is 18.9 Å². The number of piperidine rings is 1. The van der Waals surface area contributed by atoms with E-state index >= 15 is 0 Å². The number of benzene rings is 1. The van der Waals surface area contributed by atoms with Crippen LogP contribution in [0.3, 0.4) is 0 Å². The van der Waals surface area contributed by atoms with Crippen LogP contribution >= 0.6 is 0 Å². The normalized spacial score (nSPS) is 23.9. The van der Waals surface area contributed by atoms with Gasteiger partial charge in [-0.2, -0.15) is 13.2 Å². The highest BCUT2D eigenvalue weighted by Gasteiger charge is 2.39. The van der Waals surface area contributed by atoms with Gasteiger partial charge in [0.25, 0.3) is 0 Å². The Labute approximate surface area is 171 Å². The summed E-state index contributed by atoms with van der Waals surface area (Å²) in [7, 11) is 1.48. The van der Waals surface area contributed by atoms with Gasteiger partial charge in [-0.05, 0) is 60.3 Å². The first-order chi connectivity index (χ1) is 13.5. The average Bonchev–Trinajstić information content (AvgIpc) is 2.62. The molecular formula is C22H32F3NO3. The monoisotopic (exact) mass is 415 g/mol. The van der Waals surface area contributed by atoms with Gasteiger partial charge in [-0.15, -0.1) is 0 Å². The molecule has 3 rings (SSSR count). The van der Waals surface area contributed by atoms with Crippen LogP contribution < -0.4 is 9.47 Å². The van der Waals surface area contributed by atoms with Crippen molar-refractivity contribution in [1.29, 1.82) is 0 Å². The lowest BCUT2D eigenvalue weighted by Crippen LogP contribution is -2.43. The van der Waals surface area contributed by atoms with Gasteiger partial charge in [0.05, 0.1) is 7.11 Å². The largest absolute Gasteiger partial charge is 0.493 e. The van der Waals surface area contributed by atoms with Crippen molar-refractivity contribution in [2.75, 3.05) is 26.8 Å². The van der Waals surface area contributed by atoms with Crippen LogP contribution in [0.5, 0.6) is 11.5 Å². The maximum Gasteiger partial charge on any atom is 0.417 e. The van der Waals surface area contributed by atoms with Crippen LogP contribution in [-0.2, 0) is 6.42 Å². The fourth-order valence-corrected chi connectivity index (χ4v) is 4.70. The fourth-order valence-electron chi connectivity index (χ4n) is 4.70. The number of aliphatic hydroxyl groups excluding tert-OH is 1. The Kier molecular flexibility index (Phi) is 6.39. The number of nitrogens with zero attached hydrogens (tertiary/aromatic N) is 1. The average molecular weight is 415 g/mol. The van der Waals surface area contributed by atoms with E-state index in [1.807, 2.05) is 6.07 Å². The van der Waals surface area contributed by atoms with Crippen molar-refractivity contribution in [2.45, 2.75) is 64.8 Å². The van der Waals surface area contributed by atoms with Crippen molar-refractivity contribution in [2.24, 2.45) is 11.3 Å². The first-order valence-electron chi connectivity index (χ1n) is 10.3. The molecule has 2 heterocycles. The van der Waals surface area contributed by atoms with Crippen LogP contribution in [0.15, 0.2) is 12.1 Å². The molecule has 3 unspecified atom stereocenters. The van der Waals surface area contributed by atoms with E-state index in [2.05, 4.69) is 25.7 Å². The minimum atomic E-state index is -4.70. The predicted molar refractivity (Wildman–Crippen MR) is 105 cm³/mol. The second-order valence-electron chi connectivity index (χ2n) is 9.54. The van der Waals surface area contributed by atoms with E-state index in [9.17, 15) is 18.3 Å². The van der Waals surface area contributed by atoms with Gasteiger partial charge in [0.15, 0.2) is 17.6 Å². The van der Waals surface area contributed by atoms with Crippen LogP contribution in [0, 0.1) is 11.3 Å². The summed E-state index contributed by atoms with van der Waals surface area (Å²) in [6.45, 7) is 8.03. The van der Waals surface area contributed by atoms with Crippen molar-refractivity contribution < 1.29 is 27.8 Å². The standard InChI is InChI=1S/C22H32F3NO3/c1-21(2,3)11-14-5-6-17-16-10-18(28-4)19(29-13-20(27)22(23,24)25)9-15(16)7-8-26(17)12-14/h9-10,14,17,20,27H,5-8,11-13H2,1-4H3. The van der Waals surface area contributed by atoms with Crippen LogP contribution in [0.25, 0.3) is 0 Å². The van der Waals surface area contributed by atoms with E-state index in [1.165, 1.54) is 25.5 Å². The van der Waals surface area contributed by atoms with Crippen LogP contribution in [0.4, 0.5) is 13.2 Å². The molecule has 7 heteroatoms. The van der Waals surface area contributed by atoms with Crippen LogP contribution in [0.2, 0.25) is 0 Å². The number of fused-ring (bicyclic) bond motifs is 3. The molecule has 0 radical (unpaired) electrons. The Morgan fingerprint density at radius 2 is 1.90 bits per heavy atom. The highest BCUT2D eigenvalue weighted by atomic mass is 19.4. The zero-order valence-corrected chi connectivity index (χ0v) is 17.7. The molecule has 2 aliphatic heterocycles. The quantitative estimate of drug-likeness (QED) is 0.754. The Morgan fingerprint density at radius 3 is 2.52 bits per heavy atom. The van der Waals surface area contributed by atoms with Crippen molar-refractivity contribution in [3.63, 3.8) is 0 Å². The summed E-state index contributed by atoms with van der Waals surface area (Å²) < 4.78 is 48.4. The van der Waals surface area contributed by atoms with Crippen molar-refractivity contribution in [3.8, 4) is 11.5 Å². The van der Waals surface area contributed by atoms with E-state index in [1.54, 1.807) is 6.07 Å². The number of aliphatic hydroxyl groups is 1. The van der Waals surface area contributed by atoms with Gasteiger partial charge in [0.2, 0.25) is 0 Å². The van der Waals surface area contributed by atoms with Crippen molar-refractivity contribution in [1.82, 2.24) is 4.90 Å². The number of alkyl halides is 3. The van der Waals surface area contributed by atoms with Crippen LogP contribution in [-0.4, -0.2) is 49.1 Å². The van der Waals surface area contributed by atoms with Crippen LogP contribution in [0.1, 0.15) is 57.2 Å². The zero-order valence-electron chi connectivity index (χ0n) is 17.7. The maximum atomic E-state index is 12.6. The second-order valence-corrected chi connectivity index (χ2v) is 9.54. The lowest BCUT2D eigenvalue weighted by atomic mass is 9.77. The zero-order chi connectivity index (χ0) is 21.4. The summed E-state index contributed by atoms with van der Waals surface area (Å²) >= 11 is 0. The molecule has 1 N–H and O–H groups in total. The number of halogens is 3. The lowest BCUT2D eigenvalue weighted by molar-refractivity contribution is -0.210. The first kappa shape index (κ1) is 22.2. The highest BCUT2D eigenvalue weighted by molar-refractivity contribution is 5.49. The summed E-state index contributed by atoms with van der Waals surface area (Å²) in [6.07, 6.45) is -2.93. The molecule has 0 aromatic heterocycles. The van der Waals surface area contributed by atoms with Crippen molar-refractivity contribution >= 4 is 0 Å². The molecule has 29 heavy (non-hydrogen) atoms. The maximum absolute atomic E-state index is 12.6. The molecule has 1 fully saturated rings. The Bertz CT molecular complexity index is 714. The molecule has 0 spiro atoms. The van der Waals surface area contributed by atoms with Gasteiger partial charge in [-0.1, -0.05) is 20.8 Å². The van der Waals surface area contributed by atoms with Gasteiger partial charge in [-0.3, -0.25) is 4.90 Å². The van der Waals surface area contributed by atoms with Gasteiger partial charge < -0.3 is 14.6 Å². The van der Waals surface area contributed by atoms with E-state index in [0.29, 0.717) is 23.1 Å². The molecule has 2 aliphatic rings. The van der Waals surface area contributed by atoms with E-state index in [4.69, 9.17) is 9.47 Å². The van der Waals surface area contributed by atoms with E-state index in [0.717, 1.165) is 31.5 Å². The van der Waals surface area contributed by atoms with Gasteiger partial charge in [0.1, 0.15) is 6.61 Å². The highest BCUT2D eigenvalue weighted by Crippen LogP contribution is 2.44. The summed E-state index contributed by atoms with van der Waals surface area (Å²) in [5.41, 5.74) is 2.60. The predicted octanol–water partition coefficient (Wildman–Crippen LogP) is 4.74. The summed E-state index contributed by atoms with van der Waals surface area (Å²) in [5, 5.41) is 9.21. The number of hydrogen-bond donors (Lipinski definition) is 1. The van der Waals surface area contributed by atoms with Gasteiger partial charge in [0, 0.05) is 19.1 Å². The molecule has 0 amide bonds. The minimum absolute atomic E-state index is 0.254. The van der Waals surface area contributed by atoms with E-state index in [-0.39, 0.29) is 5.75 Å². The fraction of sp³-hybridized carbons (Fsp3) is 0.727. The summed E-state index contributed by atoms with van der Waals surface area (Å²) in [4.78, 5) is 2.54. The molecule has 1 aromatic rings. The summed E-state index contributed by atoms with van der Waals surface area (Å²) in [6, 6.07) is 4.01. The molecule has 0 bridgehead atoms. The molecule has 164 valence electrons. The molecular weight excluding hydrogens is 383 g/mol. The Balaban J connectivity index is 1.74. The number of methoxy groups -OCH3 is 1. The molecule has 1 aromatic carbocycles. The summed E-state index contributed by atoms with van der Waals surface area (Å²) in [5.74, 6) is 1.36. The SMILES string of the molecule is COc1cc2c(cc1OCC(O)C(F)(F)F)CCN1CC(CC(C)(C)C)CCC21. The molecule has 0 aliphatic carbocycles. The first-order valence-corrected chi connectivity index (χ1v) is 10.3. The van der Waals surface area contributed by atoms with Crippen molar-refractivity contribution in [3.05, 3.63) is 23.3 Å². The minimum Gasteiger partial charge on any atom is -0.493 e.